The Morgan fingerprint density at radius 2 is 2.09 bits per heavy atom. The van der Waals surface area contributed by atoms with Crippen molar-refractivity contribution in [1.82, 2.24) is 10.2 Å². The normalized spacial score (nSPS) is 27.5. The van der Waals surface area contributed by atoms with Crippen molar-refractivity contribution in [2.45, 2.75) is 32.7 Å². The monoisotopic (exact) mass is 337 g/mol. The van der Waals surface area contributed by atoms with E-state index in [1.165, 1.54) is 6.42 Å². The Morgan fingerprint density at radius 1 is 1.35 bits per heavy atom. The SMILES string of the molecule is CCN(CC1(C)CCNC1)C1CCN(c2ccccc2)C1=O.Cl. The maximum atomic E-state index is 12.9. The summed E-state index contributed by atoms with van der Waals surface area (Å²) in [6.45, 7) is 9.45. The highest BCUT2D eigenvalue weighted by Crippen LogP contribution is 2.30. The van der Waals surface area contributed by atoms with Crippen LogP contribution in [-0.2, 0) is 4.79 Å². The Kier molecular flexibility index (Phi) is 6.06. The first-order valence-electron chi connectivity index (χ1n) is 8.44. The van der Waals surface area contributed by atoms with Crippen LogP contribution < -0.4 is 10.2 Å². The van der Waals surface area contributed by atoms with E-state index in [0.29, 0.717) is 5.41 Å². The van der Waals surface area contributed by atoms with Crippen LogP contribution in [0.2, 0.25) is 0 Å². The lowest BCUT2D eigenvalue weighted by atomic mass is 9.88. The van der Waals surface area contributed by atoms with Crippen LogP contribution in [0.4, 0.5) is 5.69 Å². The Labute approximate surface area is 145 Å². The van der Waals surface area contributed by atoms with E-state index < -0.39 is 0 Å². The lowest BCUT2D eigenvalue weighted by molar-refractivity contribution is -0.122. The number of nitrogens with one attached hydrogen (secondary N) is 1. The van der Waals surface area contributed by atoms with E-state index in [4.69, 9.17) is 0 Å². The van der Waals surface area contributed by atoms with Crippen molar-refractivity contribution in [2.24, 2.45) is 5.41 Å². The van der Waals surface area contributed by atoms with Gasteiger partial charge in [-0.05, 0) is 43.5 Å². The fourth-order valence-corrected chi connectivity index (χ4v) is 3.80. The van der Waals surface area contributed by atoms with Crippen LogP contribution in [0.5, 0.6) is 0 Å². The molecule has 2 saturated heterocycles. The Bertz CT molecular complexity index is 516. The van der Waals surface area contributed by atoms with Gasteiger partial charge in [-0.1, -0.05) is 32.0 Å². The van der Waals surface area contributed by atoms with Gasteiger partial charge in [0, 0.05) is 25.3 Å². The standard InChI is InChI=1S/C18H27N3O.ClH/c1-3-20(14-18(2)10-11-19-13-18)16-9-12-21(17(16)22)15-7-5-4-6-8-15;/h4-8,16,19H,3,9-14H2,1-2H3;1H. The average molecular weight is 338 g/mol. The second-order valence-electron chi connectivity index (χ2n) is 6.93. The molecule has 0 aromatic heterocycles. The van der Waals surface area contributed by atoms with Gasteiger partial charge in [-0.15, -0.1) is 12.4 Å². The van der Waals surface area contributed by atoms with Crippen molar-refractivity contribution in [3.8, 4) is 0 Å². The molecule has 2 aliphatic heterocycles. The molecule has 5 heteroatoms. The van der Waals surface area contributed by atoms with Crippen LogP contribution in [0.25, 0.3) is 0 Å². The van der Waals surface area contributed by atoms with Crippen LogP contribution in [0.1, 0.15) is 26.7 Å². The van der Waals surface area contributed by atoms with Crippen LogP contribution >= 0.6 is 12.4 Å². The molecule has 0 radical (unpaired) electrons. The van der Waals surface area contributed by atoms with E-state index in [1.54, 1.807) is 0 Å². The van der Waals surface area contributed by atoms with Gasteiger partial charge in [-0.3, -0.25) is 9.69 Å². The summed E-state index contributed by atoms with van der Waals surface area (Å²) in [5, 5.41) is 3.46. The summed E-state index contributed by atoms with van der Waals surface area (Å²) >= 11 is 0. The first kappa shape index (κ1) is 18.2. The summed E-state index contributed by atoms with van der Waals surface area (Å²) in [6, 6.07) is 10.1. The lowest BCUT2D eigenvalue weighted by Gasteiger charge is -2.34. The van der Waals surface area contributed by atoms with Crippen LogP contribution in [0.15, 0.2) is 30.3 Å². The molecule has 0 aliphatic carbocycles. The summed E-state index contributed by atoms with van der Waals surface area (Å²) in [6.07, 6.45) is 2.14. The Hall–Kier alpha value is -1.10. The minimum absolute atomic E-state index is 0. The van der Waals surface area contributed by atoms with E-state index in [1.807, 2.05) is 35.2 Å². The third-order valence-electron chi connectivity index (χ3n) is 5.13. The largest absolute Gasteiger partial charge is 0.316 e. The molecule has 3 rings (SSSR count). The number of nitrogens with zero attached hydrogens (tertiary/aromatic N) is 2. The summed E-state index contributed by atoms with van der Waals surface area (Å²) in [5.41, 5.74) is 1.33. The molecule has 4 nitrogen and oxygen atoms in total. The third kappa shape index (κ3) is 3.87. The first-order chi connectivity index (χ1) is 10.6. The maximum Gasteiger partial charge on any atom is 0.244 e. The number of rotatable bonds is 5. The van der Waals surface area contributed by atoms with E-state index in [0.717, 1.165) is 44.8 Å². The number of carbonyl (C=O) groups is 1. The number of amides is 1. The average Bonchev–Trinajstić information content (AvgIpc) is 3.13. The van der Waals surface area contributed by atoms with Crippen molar-refractivity contribution >= 4 is 24.0 Å². The predicted molar refractivity (Wildman–Crippen MR) is 97.3 cm³/mol. The quantitative estimate of drug-likeness (QED) is 0.897. The number of benzene rings is 1. The number of para-hydroxylation sites is 1. The molecule has 2 unspecified atom stereocenters. The van der Waals surface area contributed by atoms with Crippen molar-refractivity contribution in [1.29, 1.82) is 0 Å². The maximum absolute atomic E-state index is 12.9. The van der Waals surface area contributed by atoms with E-state index in [9.17, 15) is 4.79 Å². The van der Waals surface area contributed by atoms with Crippen LogP contribution in [0, 0.1) is 5.41 Å². The van der Waals surface area contributed by atoms with Crippen molar-refractivity contribution < 1.29 is 4.79 Å². The Balaban J connectivity index is 0.00000192. The summed E-state index contributed by atoms with van der Waals surface area (Å²) in [7, 11) is 0. The van der Waals surface area contributed by atoms with Gasteiger partial charge in [0.2, 0.25) is 5.91 Å². The fraction of sp³-hybridized carbons (Fsp3) is 0.611. The zero-order valence-corrected chi connectivity index (χ0v) is 14.9. The van der Waals surface area contributed by atoms with Gasteiger partial charge < -0.3 is 10.2 Å². The number of likely N-dealkylation sites (N-methyl/N-ethyl adjacent to an activating group) is 1. The molecule has 2 aliphatic rings. The Morgan fingerprint density at radius 3 is 2.70 bits per heavy atom. The predicted octanol–water partition coefficient (Wildman–Crippen LogP) is 2.54. The molecule has 23 heavy (non-hydrogen) atoms. The number of carbonyl (C=O) groups excluding carboxylic acids is 1. The van der Waals surface area contributed by atoms with Gasteiger partial charge in [-0.2, -0.15) is 0 Å². The van der Waals surface area contributed by atoms with Crippen LogP contribution in [-0.4, -0.2) is 49.6 Å². The number of hydrogen-bond donors (Lipinski definition) is 1. The topological polar surface area (TPSA) is 35.6 Å². The van der Waals surface area contributed by atoms with Crippen molar-refractivity contribution in [2.75, 3.05) is 37.6 Å². The first-order valence-corrected chi connectivity index (χ1v) is 8.44. The smallest absolute Gasteiger partial charge is 0.244 e. The molecular formula is C18H28ClN3O. The molecule has 2 atom stereocenters. The summed E-state index contributed by atoms with van der Waals surface area (Å²) in [4.78, 5) is 17.2. The second kappa shape index (κ2) is 7.65. The van der Waals surface area contributed by atoms with Gasteiger partial charge in [0.1, 0.15) is 0 Å². The van der Waals surface area contributed by atoms with Crippen molar-refractivity contribution in [3.63, 3.8) is 0 Å². The highest BCUT2D eigenvalue weighted by Gasteiger charge is 2.39. The summed E-state index contributed by atoms with van der Waals surface area (Å²) < 4.78 is 0. The lowest BCUT2D eigenvalue weighted by Crippen LogP contribution is -2.47. The zero-order chi connectivity index (χ0) is 15.6. The zero-order valence-electron chi connectivity index (χ0n) is 14.1. The highest BCUT2D eigenvalue weighted by atomic mass is 35.5. The molecule has 0 bridgehead atoms. The van der Waals surface area contributed by atoms with Crippen LogP contribution in [0.3, 0.4) is 0 Å². The van der Waals surface area contributed by atoms with E-state index >= 15 is 0 Å². The third-order valence-corrected chi connectivity index (χ3v) is 5.13. The number of hydrogen-bond acceptors (Lipinski definition) is 3. The molecule has 0 spiro atoms. The van der Waals surface area contributed by atoms with Crippen molar-refractivity contribution in [3.05, 3.63) is 30.3 Å². The molecule has 128 valence electrons. The van der Waals surface area contributed by atoms with E-state index in [2.05, 4.69) is 24.1 Å². The molecule has 1 amide bonds. The van der Waals surface area contributed by atoms with Gasteiger partial charge >= 0.3 is 0 Å². The van der Waals surface area contributed by atoms with Gasteiger partial charge in [-0.25, -0.2) is 0 Å². The molecule has 2 fully saturated rings. The molecular weight excluding hydrogens is 310 g/mol. The van der Waals surface area contributed by atoms with Gasteiger partial charge in [0.15, 0.2) is 0 Å². The highest BCUT2D eigenvalue weighted by molar-refractivity contribution is 5.99. The molecule has 1 aromatic rings. The molecule has 1 aromatic carbocycles. The molecule has 1 N–H and O–H groups in total. The molecule has 0 saturated carbocycles. The molecule has 2 heterocycles. The van der Waals surface area contributed by atoms with E-state index in [-0.39, 0.29) is 24.4 Å². The van der Waals surface area contributed by atoms with Gasteiger partial charge in [0.05, 0.1) is 6.04 Å². The minimum Gasteiger partial charge on any atom is -0.316 e. The number of anilines is 1. The fourth-order valence-electron chi connectivity index (χ4n) is 3.80. The summed E-state index contributed by atoms with van der Waals surface area (Å²) in [5.74, 6) is 0.266. The minimum atomic E-state index is 0. The number of halogens is 1. The second-order valence-corrected chi connectivity index (χ2v) is 6.93. The van der Waals surface area contributed by atoms with Gasteiger partial charge in [0.25, 0.3) is 0 Å².